The van der Waals surface area contributed by atoms with Gasteiger partial charge in [0.15, 0.2) is 0 Å². The topological polar surface area (TPSA) is 33.0 Å². The van der Waals surface area contributed by atoms with Crippen molar-refractivity contribution in [1.29, 1.82) is 0 Å². The summed E-state index contributed by atoms with van der Waals surface area (Å²) in [5.41, 5.74) is 6.70. The molecule has 1 N–H and O–H groups in total. The predicted molar refractivity (Wildman–Crippen MR) is 42.1 cm³/mol. The molecular formula is C6H16NOSi. The van der Waals surface area contributed by atoms with Crippen LogP contribution in [0.4, 0.5) is 0 Å². The van der Waals surface area contributed by atoms with Crippen molar-refractivity contribution in [3.05, 3.63) is 0 Å². The molecule has 0 heterocycles. The third kappa shape index (κ3) is 8.14. The molecule has 0 aliphatic carbocycles. The van der Waals surface area contributed by atoms with Gasteiger partial charge in [0.25, 0.3) is 0 Å². The van der Waals surface area contributed by atoms with Crippen LogP contribution in [0.1, 0.15) is 0 Å². The van der Waals surface area contributed by atoms with Crippen molar-refractivity contribution >= 4 is 8.07 Å². The zero-order valence-electron chi connectivity index (χ0n) is 6.53. The second kappa shape index (κ2) is 4.03. The quantitative estimate of drug-likeness (QED) is 0.438. The van der Waals surface area contributed by atoms with Gasteiger partial charge in [0.05, 0.1) is 0 Å². The van der Waals surface area contributed by atoms with Crippen LogP contribution in [0.2, 0.25) is 25.7 Å². The average molecular weight is 146 g/mol. The molecule has 0 saturated carbocycles. The van der Waals surface area contributed by atoms with Crippen molar-refractivity contribution in [3.63, 3.8) is 0 Å². The van der Waals surface area contributed by atoms with Gasteiger partial charge in [-0.05, 0) is 6.04 Å². The minimum atomic E-state index is -0.903. The zero-order valence-corrected chi connectivity index (χ0v) is 7.53. The van der Waals surface area contributed by atoms with Crippen LogP contribution in [0.5, 0.6) is 0 Å². The van der Waals surface area contributed by atoms with Gasteiger partial charge >= 0.3 is 0 Å². The molecule has 0 aromatic heterocycles. The van der Waals surface area contributed by atoms with Gasteiger partial charge in [0.1, 0.15) is 6.73 Å². The number of rotatable bonds is 4. The van der Waals surface area contributed by atoms with Crippen molar-refractivity contribution in [1.82, 2.24) is 5.73 Å². The Bertz CT molecular complexity index is 69.9. The standard InChI is InChI=1S/C6H16NOSi/c1-9(2,3)5-4-8-6-7/h7H,4-6H2,1-3H3. The van der Waals surface area contributed by atoms with E-state index in [2.05, 4.69) is 19.6 Å². The highest BCUT2D eigenvalue weighted by atomic mass is 28.3. The lowest BCUT2D eigenvalue weighted by Crippen LogP contribution is -2.21. The van der Waals surface area contributed by atoms with Crippen LogP contribution in [0.15, 0.2) is 0 Å². The lowest BCUT2D eigenvalue weighted by atomic mass is 10.8. The lowest BCUT2D eigenvalue weighted by molar-refractivity contribution is 0.149. The Morgan fingerprint density at radius 1 is 1.33 bits per heavy atom. The summed E-state index contributed by atoms with van der Waals surface area (Å²) in [5.74, 6) is 0. The van der Waals surface area contributed by atoms with E-state index in [0.717, 1.165) is 6.61 Å². The van der Waals surface area contributed by atoms with E-state index in [-0.39, 0.29) is 6.73 Å². The number of hydrogen-bond donors (Lipinski definition) is 0. The first-order chi connectivity index (χ1) is 4.06. The van der Waals surface area contributed by atoms with E-state index < -0.39 is 8.07 Å². The molecule has 0 bridgehead atoms. The largest absolute Gasteiger partial charge is 0.365 e. The first-order valence-corrected chi connectivity index (χ1v) is 6.99. The summed E-state index contributed by atoms with van der Waals surface area (Å²) in [5, 5.41) is 0. The van der Waals surface area contributed by atoms with E-state index in [9.17, 15) is 0 Å². The molecule has 0 aliphatic heterocycles. The predicted octanol–water partition coefficient (Wildman–Crippen LogP) is 1.58. The van der Waals surface area contributed by atoms with E-state index in [1.54, 1.807) is 0 Å². The van der Waals surface area contributed by atoms with Gasteiger partial charge in [0.2, 0.25) is 0 Å². The van der Waals surface area contributed by atoms with Crippen molar-refractivity contribution in [3.8, 4) is 0 Å². The fraction of sp³-hybridized carbons (Fsp3) is 1.00. The fourth-order valence-electron chi connectivity index (χ4n) is 0.451. The maximum absolute atomic E-state index is 6.70. The van der Waals surface area contributed by atoms with E-state index >= 15 is 0 Å². The second-order valence-electron chi connectivity index (χ2n) is 3.36. The molecule has 2 nitrogen and oxygen atoms in total. The maximum Gasteiger partial charge on any atom is 0.109 e. The van der Waals surface area contributed by atoms with Crippen LogP contribution in [-0.2, 0) is 4.74 Å². The van der Waals surface area contributed by atoms with Gasteiger partial charge in [-0.1, -0.05) is 19.6 Å². The molecule has 0 unspecified atom stereocenters. The van der Waals surface area contributed by atoms with Crippen molar-refractivity contribution in [2.45, 2.75) is 25.7 Å². The highest BCUT2D eigenvalue weighted by Crippen LogP contribution is 2.06. The Morgan fingerprint density at radius 2 is 1.89 bits per heavy atom. The lowest BCUT2D eigenvalue weighted by Gasteiger charge is -2.14. The molecule has 3 heteroatoms. The highest BCUT2D eigenvalue weighted by Gasteiger charge is 2.11. The molecule has 0 aromatic carbocycles. The van der Waals surface area contributed by atoms with Gasteiger partial charge in [0, 0.05) is 14.7 Å². The third-order valence-corrected chi connectivity index (χ3v) is 2.80. The van der Waals surface area contributed by atoms with E-state index in [4.69, 9.17) is 10.5 Å². The molecule has 0 saturated heterocycles. The van der Waals surface area contributed by atoms with Crippen LogP contribution >= 0.6 is 0 Å². The molecule has 0 rings (SSSR count). The molecule has 55 valence electrons. The highest BCUT2D eigenvalue weighted by molar-refractivity contribution is 6.76. The molecule has 1 radical (unpaired) electrons. The van der Waals surface area contributed by atoms with Gasteiger partial charge in [-0.15, -0.1) is 0 Å². The van der Waals surface area contributed by atoms with Crippen molar-refractivity contribution < 1.29 is 4.74 Å². The Kier molecular flexibility index (Phi) is 4.09. The van der Waals surface area contributed by atoms with Crippen LogP contribution in [0, 0.1) is 0 Å². The molecule has 0 aliphatic rings. The number of nitrogens with one attached hydrogen (secondary N) is 1. The van der Waals surface area contributed by atoms with Gasteiger partial charge in [-0.25, -0.2) is 5.73 Å². The van der Waals surface area contributed by atoms with Crippen LogP contribution in [-0.4, -0.2) is 21.4 Å². The maximum atomic E-state index is 6.70. The van der Waals surface area contributed by atoms with Gasteiger partial charge < -0.3 is 4.74 Å². The summed E-state index contributed by atoms with van der Waals surface area (Å²) in [7, 11) is -0.903. The SMILES string of the molecule is C[Si](C)(C)CCOC[NH]. The normalized spacial score (nSPS) is 12.0. The summed E-state index contributed by atoms with van der Waals surface area (Å²) >= 11 is 0. The monoisotopic (exact) mass is 146 g/mol. The van der Waals surface area contributed by atoms with E-state index in [1.807, 2.05) is 0 Å². The van der Waals surface area contributed by atoms with Crippen molar-refractivity contribution in [2.75, 3.05) is 13.3 Å². The number of ether oxygens (including phenoxy) is 1. The molecule has 9 heavy (non-hydrogen) atoms. The zero-order chi connectivity index (χ0) is 7.33. The second-order valence-corrected chi connectivity index (χ2v) is 8.98. The first kappa shape index (κ1) is 9.14. The van der Waals surface area contributed by atoms with Gasteiger partial charge in [-0.3, -0.25) is 0 Å². The van der Waals surface area contributed by atoms with Crippen molar-refractivity contribution in [2.24, 2.45) is 0 Å². The van der Waals surface area contributed by atoms with E-state index in [1.165, 1.54) is 6.04 Å². The molecular weight excluding hydrogens is 130 g/mol. The van der Waals surface area contributed by atoms with Crippen LogP contribution < -0.4 is 5.73 Å². The average Bonchev–Trinajstić information content (AvgIpc) is 1.63. The van der Waals surface area contributed by atoms with Crippen LogP contribution in [0.25, 0.3) is 0 Å². The Hall–Kier alpha value is 0.137. The molecule has 0 fully saturated rings. The summed E-state index contributed by atoms with van der Waals surface area (Å²) in [6.45, 7) is 7.81. The first-order valence-electron chi connectivity index (χ1n) is 3.28. The summed E-state index contributed by atoms with van der Waals surface area (Å²) in [6.07, 6.45) is 0. The van der Waals surface area contributed by atoms with Gasteiger partial charge in [-0.2, -0.15) is 0 Å². The minimum absolute atomic E-state index is 0.116. The molecule has 0 amide bonds. The Balaban J connectivity index is 3.07. The summed E-state index contributed by atoms with van der Waals surface area (Å²) in [6, 6.07) is 1.17. The smallest absolute Gasteiger partial charge is 0.109 e. The summed E-state index contributed by atoms with van der Waals surface area (Å²) < 4.78 is 4.91. The third-order valence-electron chi connectivity index (χ3n) is 1.10. The number of hydrogen-bond acceptors (Lipinski definition) is 1. The van der Waals surface area contributed by atoms with E-state index in [0.29, 0.717) is 0 Å². The minimum Gasteiger partial charge on any atom is -0.365 e. The summed E-state index contributed by atoms with van der Waals surface area (Å²) in [4.78, 5) is 0. The Labute approximate surface area is 58.4 Å². The fourth-order valence-corrected chi connectivity index (χ4v) is 1.21. The molecule has 0 spiro atoms. The Morgan fingerprint density at radius 3 is 2.22 bits per heavy atom. The van der Waals surface area contributed by atoms with Crippen LogP contribution in [0.3, 0.4) is 0 Å². The molecule has 0 aromatic rings. The molecule has 0 atom stereocenters.